The molecule has 2 nitrogen and oxygen atoms in total. The Bertz CT molecular complexity index is 362. The number of hydrogen-bond acceptors (Lipinski definition) is 3. The average molecular weight is 273 g/mol. The number of nitrogens with zero attached hydrogens (tertiary/aromatic N) is 1. The van der Waals surface area contributed by atoms with Crippen molar-refractivity contribution in [1.82, 2.24) is 10.2 Å². The summed E-state index contributed by atoms with van der Waals surface area (Å²) in [6, 6.07) is 4.14. The third-order valence-corrected chi connectivity index (χ3v) is 4.47. The molecule has 1 fully saturated rings. The van der Waals surface area contributed by atoms with Gasteiger partial charge in [-0.15, -0.1) is 11.3 Å². The minimum Gasteiger partial charge on any atom is -0.310 e. The fourth-order valence-corrected chi connectivity index (χ4v) is 3.44. The van der Waals surface area contributed by atoms with Crippen molar-refractivity contribution in [3.63, 3.8) is 0 Å². The van der Waals surface area contributed by atoms with Gasteiger partial charge in [0.15, 0.2) is 0 Å². The van der Waals surface area contributed by atoms with E-state index >= 15 is 0 Å². The van der Waals surface area contributed by atoms with Crippen LogP contribution in [-0.2, 0) is 6.42 Å². The van der Waals surface area contributed by atoms with Crippen LogP contribution in [0.1, 0.15) is 25.1 Å². The van der Waals surface area contributed by atoms with Crippen LogP contribution in [0.25, 0.3) is 0 Å². The molecule has 1 saturated heterocycles. The lowest BCUT2D eigenvalue weighted by molar-refractivity contribution is 0.234. The maximum Gasteiger partial charge on any atom is 0.0931 e. The summed E-state index contributed by atoms with van der Waals surface area (Å²) in [5, 5.41) is 3.59. The quantitative estimate of drug-likeness (QED) is 0.910. The van der Waals surface area contributed by atoms with Crippen LogP contribution in [0, 0.1) is 0 Å². The zero-order chi connectivity index (χ0) is 12.3. The predicted octanol–water partition coefficient (Wildman–Crippen LogP) is 3.02. The highest BCUT2D eigenvalue weighted by atomic mass is 35.5. The second kappa shape index (κ2) is 5.70. The van der Waals surface area contributed by atoms with Crippen molar-refractivity contribution in [2.45, 2.75) is 32.2 Å². The van der Waals surface area contributed by atoms with E-state index in [2.05, 4.69) is 30.1 Å². The van der Waals surface area contributed by atoms with Crippen molar-refractivity contribution < 1.29 is 0 Å². The lowest BCUT2D eigenvalue weighted by Crippen LogP contribution is -2.46. The van der Waals surface area contributed by atoms with Gasteiger partial charge in [-0.1, -0.05) is 11.6 Å². The molecule has 96 valence electrons. The highest BCUT2D eigenvalue weighted by Crippen LogP contribution is 2.22. The van der Waals surface area contributed by atoms with Gasteiger partial charge in [-0.2, -0.15) is 0 Å². The summed E-state index contributed by atoms with van der Waals surface area (Å²) in [6.45, 7) is 9.18. The molecule has 0 bridgehead atoms. The Morgan fingerprint density at radius 2 is 2.29 bits per heavy atom. The monoisotopic (exact) mass is 272 g/mol. The summed E-state index contributed by atoms with van der Waals surface area (Å²) in [5.41, 5.74) is 0.240. The van der Waals surface area contributed by atoms with E-state index in [4.69, 9.17) is 11.6 Å². The molecular formula is C13H21ClN2S. The molecule has 0 radical (unpaired) electrons. The van der Waals surface area contributed by atoms with E-state index in [1.165, 1.54) is 17.8 Å². The van der Waals surface area contributed by atoms with Crippen molar-refractivity contribution >= 4 is 22.9 Å². The summed E-state index contributed by atoms with van der Waals surface area (Å²) in [5.74, 6) is 0. The van der Waals surface area contributed by atoms with E-state index in [9.17, 15) is 0 Å². The fourth-order valence-electron chi connectivity index (χ4n) is 2.37. The summed E-state index contributed by atoms with van der Waals surface area (Å²) in [7, 11) is 0. The Hall–Kier alpha value is -0.0900. The summed E-state index contributed by atoms with van der Waals surface area (Å²) in [4.78, 5) is 3.96. The minimum atomic E-state index is 0.240. The molecule has 0 amide bonds. The van der Waals surface area contributed by atoms with Gasteiger partial charge < -0.3 is 10.2 Å². The number of halogens is 1. The standard InChI is InChI=1S/C13H21ClN2S/c1-13(2)10-16(8-3-7-15-13)9-6-11-4-5-12(14)17-11/h4-5,15H,3,6-10H2,1-2H3. The molecule has 0 aromatic carbocycles. The zero-order valence-electron chi connectivity index (χ0n) is 10.6. The number of thiophene rings is 1. The Morgan fingerprint density at radius 1 is 1.47 bits per heavy atom. The number of rotatable bonds is 3. The van der Waals surface area contributed by atoms with Gasteiger partial charge in [-0.3, -0.25) is 0 Å². The first-order valence-corrected chi connectivity index (χ1v) is 7.46. The molecule has 1 aliphatic rings. The van der Waals surface area contributed by atoms with Gasteiger partial charge in [0.1, 0.15) is 0 Å². The van der Waals surface area contributed by atoms with Gasteiger partial charge in [0.2, 0.25) is 0 Å². The summed E-state index contributed by atoms with van der Waals surface area (Å²) >= 11 is 7.65. The van der Waals surface area contributed by atoms with Gasteiger partial charge in [0.05, 0.1) is 4.34 Å². The Balaban J connectivity index is 1.85. The van der Waals surface area contributed by atoms with Crippen molar-refractivity contribution in [2.75, 3.05) is 26.2 Å². The lowest BCUT2D eigenvalue weighted by atomic mass is 10.1. The van der Waals surface area contributed by atoms with E-state index < -0.39 is 0 Å². The van der Waals surface area contributed by atoms with Crippen LogP contribution in [0.4, 0.5) is 0 Å². The summed E-state index contributed by atoms with van der Waals surface area (Å²) in [6.07, 6.45) is 2.36. The largest absolute Gasteiger partial charge is 0.310 e. The SMILES string of the molecule is CC1(C)CN(CCc2ccc(Cl)s2)CCCN1. The molecule has 1 aromatic rings. The van der Waals surface area contributed by atoms with E-state index in [0.717, 1.165) is 30.4 Å². The molecule has 1 N–H and O–H groups in total. The molecule has 17 heavy (non-hydrogen) atoms. The van der Waals surface area contributed by atoms with E-state index in [1.54, 1.807) is 11.3 Å². The lowest BCUT2D eigenvalue weighted by Gasteiger charge is -2.29. The van der Waals surface area contributed by atoms with Gasteiger partial charge in [0, 0.05) is 23.5 Å². The molecule has 0 atom stereocenters. The predicted molar refractivity (Wildman–Crippen MR) is 76.2 cm³/mol. The van der Waals surface area contributed by atoms with Crippen molar-refractivity contribution in [3.05, 3.63) is 21.3 Å². The molecule has 1 aromatic heterocycles. The van der Waals surface area contributed by atoms with Crippen LogP contribution in [0.5, 0.6) is 0 Å². The smallest absolute Gasteiger partial charge is 0.0931 e. The molecule has 4 heteroatoms. The van der Waals surface area contributed by atoms with Gasteiger partial charge in [-0.25, -0.2) is 0 Å². The summed E-state index contributed by atoms with van der Waals surface area (Å²) < 4.78 is 0.901. The maximum absolute atomic E-state index is 5.95. The molecule has 2 rings (SSSR count). The van der Waals surface area contributed by atoms with Crippen LogP contribution in [0.15, 0.2) is 12.1 Å². The highest BCUT2D eigenvalue weighted by molar-refractivity contribution is 7.16. The normalized spacial score (nSPS) is 21.4. The molecule has 0 spiro atoms. The van der Waals surface area contributed by atoms with E-state index in [1.807, 2.05) is 6.07 Å². The Labute approximate surface area is 113 Å². The van der Waals surface area contributed by atoms with Crippen LogP contribution < -0.4 is 5.32 Å². The molecule has 0 aliphatic carbocycles. The fraction of sp³-hybridized carbons (Fsp3) is 0.692. The minimum absolute atomic E-state index is 0.240. The average Bonchev–Trinajstić information content (AvgIpc) is 2.58. The third kappa shape index (κ3) is 4.25. The van der Waals surface area contributed by atoms with Gasteiger partial charge in [-0.05, 0) is 51.9 Å². The first-order valence-electron chi connectivity index (χ1n) is 6.27. The van der Waals surface area contributed by atoms with Gasteiger partial charge >= 0.3 is 0 Å². The zero-order valence-corrected chi connectivity index (χ0v) is 12.2. The van der Waals surface area contributed by atoms with Crippen LogP contribution in [0.2, 0.25) is 4.34 Å². The number of hydrogen-bond donors (Lipinski definition) is 1. The Morgan fingerprint density at radius 3 is 3.00 bits per heavy atom. The van der Waals surface area contributed by atoms with Crippen molar-refractivity contribution in [2.24, 2.45) is 0 Å². The topological polar surface area (TPSA) is 15.3 Å². The van der Waals surface area contributed by atoms with E-state index in [0.29, 0.717) is 0 Å². The van der Waals surface area contributed by atoms with Crippen molar-refractivity contribution in [3.8, 4) is 0 Å². The maximum atomic E-state index is 5.95. The van der Waals surface area contributed by atoms with Crippen LogP contribution >= 0.6 is 22.9 Å². The molecular weight excluding hydrogens is 252 g/mol. The highest BCUT2D eigenvalue weighted by Gasteiger charge is 2.23. The number of nitrogens with one attached hydrogen (secondary N) is 1. The van der Waals surface area contributed by atoms with E-state index in [-0.39, 0.29) is 5.54 Å². The second-order valence-electron chi connectivity index (χ2n) is 5.40. The first-order chi connectivity index (χ1) is 8.05. The Kier molecular flexibility index (Phi) is 4.47. The molecule has 2 heterocycles. The first kappa shape index (κ1) is 13.3. The van der Waals surface area contributed by atoms with Crippen LogP contribution in [-0.4, -0.2) is 36.6 Å². The second-order valence-corrected chi connectivity index (χ2v) is 7.20. The van der Waals surface area contributed by atoms with Crippen molar-refractivity contribution in [1.29, 1.82) is 0 Å². The van der Waals surface area contributed by atoms with Crippen LogP contribution in [0.3, 0.4) is 0 Å². The molecule has 1 aliphatic heterocycles. The third-order valence-electron chi connectivity index (χ3n) is 3.18. The molecule has 0 saturated carbocycles. The van der Waals surface area contributed by atoms with Gasteiger partial charge in [0.25, 0.3) is 0 Å². The molecule has 0 unspecified atom stereocenters.